The van der Waals surface area contributed by atoms with Gasteiger partial charge >= 0.3 is 165 Å². The van der Waals surface area contributed by atoms with E-state index in [2.05, 4.69) is 60.7 Å². The van der Waals surface area contributed by atoms with Gasteiger partial charge in [-0.3, -0.25) is 14.4 Å². The number of aliphatic carboxylic acids is 3. The van der Waals surface area contributed by atoms with Gasteiger partial charge in [-0.2, -0.15) is 47.8 Å². The van der Waals surface area contributed by atoms with Crippen LogP contribution in [-0.4, -0.2) is 122 Å². The van der Waals surface area contributed by atoms with Gasteiger partial charge in [0, 0.05) is 52.2 Å². The Bertz CT molecular complexity index is 1350. The van der Waals surface area contributed by atoms with Crippen molar-refractivity contribution in [3.8, 4) is 0 Å². The molecule has 0 radical (unpaired) electrons. The quantitative estimate of drug-likeness (QED) is 0.0361. The van der Waals surface area contributed by atoms with Crippen LogP contribution in [0.5, 0.6) is 0 Å². The van der Waals surface area contributed by atoms with Crippen molar-refractivity contribution in [3.63, 3.8) is 0 Å². The van der Waals surface area contributed by atoms with Gasteiger partial charge in [0.05, 0.1) is 0 Å². The third kappa shape index (κ3) is 144. The molecular weight excluding hydrogens is 2150 g/mol. The maximum atomic E-state index is 10.4. The molecule has 0 spiro atoms. The standard InChI is InChI=1S/C18H36O2.C9H19NO2.4C7H13N.2C3H6O2.2C3H8O.2CH4O.8ClH.4Pt/c1-2-3-4-5-6-7-8-9-10-11-12-13-14-15-16-17-18(19)20;1-8(2,3)6-9(4,5)10-7(11)12;4*1-6-4-2-3-5-7(6)8;2*1-2-3(4)5;2*1-2-3-4;2*1-2;;;;;;;;;;;;/h2-17H2,1H3,(H,19,20);10H,6H2,1-5H3,(H,11,12);4*6-8H,1-5H2;2*2H2,1H3,(H,4,5);2*4H,2-3H2,1H3;2*2H,1H3;8*1H;;;;/q;;4*-2;;;;;;;;;;;;;;;4*+4/p-8/t;;4*6-,7-;;;;;;;;;;;;;;;;;;/m..1111................../s1. The molecule has 612 valence electrons. The zero-order valence-corrected chi connectivity index (χ0v) is 77.2. The van der Waals surface area contributed by atoms with Crippen molar-refractivity contribution in [1.82, 2.24) is 5.32 Å². The number of carboxylic acids is 3. The molecular formula is C69H143Cl8N5O12Pt4. The number of hydrogen-bond acceptors (Lipinski definition) is 8. The number of carboxylic acid groups (broad SMARTS) is 4. The number of rotatable bonds is 22. The Morgan fingerprint density at radius 2 is 0.571 bits per heavy atom. The van der Waals surface area contributed by atoms with E-state index < -0.39 is 89.9 Å². The summed E-state index contributed by atoms with van der Waals surface area (Å²) in [4.78, 5) is 39.5. The van der Waals surface area contributed by atoms with E-state index in [-0.39, 0.29) is 48.0 Å². The molecule has 0 heterocycles. The van der Waals surface area contributed by atoms with E-state index in [4.69, 9.17) is 139 Å². The third-order valence-electron chi connectivity index (χ3n) is 14.1. The van der Waals surface area contributed by atoms with Gasteiger partial charge in [0.1, 0.15) is 0 Å². The second-order valence-corrected chi connectivity index (χ2v) is 38.0. The molecule has 1 amide bonds. The molecule has 0 aromatic heterocycles. The van der Waals surface area contributed by atoms with Crippen LogP contribution in [0.25, 0.3) is 22.9 Å². The molecule has 0 aromatic carbocycles. The van der Waals surface area contributed by atoms with Gasteiger partial charge in [0.25, 0.3) is 0 Å². The Labute approximate surface area is 667 Å². The zero-order valence-electron chi connectivity index (χ0n) is 62.0. The summed E-state index contributed by atoms with van der Waals surface area (Å²) >= 11 is -1.89. The molecule has 4 rings (SSSR count). The van der Waals surface area contributed by atoms with E-state index in [0.717, 1.165) is 72.0 Å². The van der Waals surface area contributed by atoms with Crippen molar-refractivity contribution in [2.24, 2.45) is 29.1 Å². The minimum absolute atomic E-state index is 0.142. The first-order chi connectivity index (χ1) is 46.1. The summed E-state index contributed by atoms with van der Waals surface area (Å²) in [6.45, 7) is 35.6. The predicted molar refractivity (Wildman–Crippen MR) is 412 cm³/mol. The van der Waals surface area contributed by atoms with Crippen LogP contribution < -0.4 is 5.32 Å². The predicted octanol–water partition coefficient (Wildman–Crippen LogP) is 25.0. The van der Waals surface area contributed by atoms with Crippen molar-refractivity contribution >= 4 is 99.3 Å². The minimum atomic E-state index is -0.954. The van der Waals surface area contributed by atoms with Crippen LogP contribution in [0.4, 0.5) is 4.79 Å². The molecule has 0 aliphatic heterocycles. The normalized spacial score (nSPS) is 19.1. The van der Waals surface area contributed by atoms with Gasteiger partial charge < -0.3 is 96.8 Å². The zero-order chi connectivity index (χ0) is 79.0. The molecule has 0 bridgehead atoms. The van der Waals surface area contributed by atoms with Crippen LogP contribution in [0, 0.1) is 56.8 Å². The Morgan fingerprint density at radius 1 is 0.388 bits per heavy atom. The number of hydrogen-bond donors (Lipinski definition) is 9. The Kier molecular flexibility index (Phi) is 140. The summed E-state index contributed by atoms with van der Waals surface area (Å²) in [5.74, 6) is -0.463. The fourth-order valence-corrected chi connectivity index (χ4v) is 9.14. The first-order valence-electron chi connectivity index (χ1n) is 34.4. The summed E-state index contributed by atoms with van der Waals surface area (Å²) in [5.41, 5.74) is 29.5. The molecule has 13 N–H and O–H groups in total. The molecule has 4 saturated carbocycles. The summed E-state index contributed by atoms with van der Waals surface area (Å²) in [5, 5.41) is 64.7. The average Bonchev–Trinajstić information content (AvgIpc) is 0.912. The van der Waals surface area contributed by atoms with Crippen LogP contribution >= 0.6 is 75.3 Å². The van der Waals surface area contributed by atoms with Crippen molar-refractivity contribution in [2.75, 3.05) is 27.4 Å². The maximum absolute atomic E-state index is 10.4. The van der Waals surface area contributed by atoms with E-state index in [1.54, 1.807) is 13.8 Å². The van der Waals surface area contributed by atoms with Crippen molar-refractivity contribution in [1.29, 1.82) is 0 Å². The molecule has 4 aliphatic carbocycles. The van der Waals surface area contributed by atoms with Gasteiger partial charge in [-0.15, -0.1) is 0 Å². The Balaban J connectivity index is -0.0000000844. The molecule has 17 nitrogen and oxygen atoms in total. The van der Waals surface area contributed by atoms with E-state index in [0.29, 0.717) is 43.3 Å². The monoisotopic (exact) mass is 2290 g/mol. The summed E-state index contributed by atoms with van der Waals surface area (Å²) in [6.07, 6.45) is 41.5. The van der Waals surface area contributed by atoms with Gasteiger partial charge in [-0.1, -0.05) is 248 Å². The fraction of sp³-hybridized carbons (Fsp3) is 0.884. The number of unbranched alkanes of at least 4 members (excludes halogenated alkanes) is 14. The van der Waals surface area contributed by atoms with Crippen LogP contribution in [0.15, 0.2) is 0 Å². The van der Waals surface area contributed by atoms with Crippen molar-refractivity contribution < 1.29 is 126 Å². The second-order valence-electron chi connectivity index (χ2n) is 24.9. The summed E-state index contributed by atoms with van der Waals surface area (Å²) < 4.78 is 0. The third-order valence-corrected chi connectivity index (χ3v) is 14.1. The van der Waals surface area contributed by atoms with Crippen molar-refractivity contribution in [3.05, 3.63) is 50.6 Å². The molecule has 8 atom stereocenters. The van der Waals surface area contributed by atoms with Crippen LogP contribution in [-0.2, 0) is 80.3 Å². The van der Waals surface area contributed by atoms with Gasteiger partial charge in [0.15, 0.2) is 0 Å². The van der Waals surface area contributed by atoms with Crippen LogP contribution in [0.1, 0.15) is 307 Å². The molecule has 4 aliphatic rings. The summed E-state index contributed by atoms with van der Waals surface area (Å²) in [7, 11) is 41.0. The van der Waals surface area contributed by atoms with Crippen molar-refractivity contribution in [2.45, 2.75) is 337 Å². The number of nitrogens with one attached hydrogen (secondary N) is 5. The number of carbonyl (C=O) groups is 4. The van der Waals surface area contributed by atoms with E-state index in [1.165, 1.54) is 161 Å². The molecule has 4 fully saturated rings. The number of amides is 1. The molecule has 0 aromatic rings. The number of aliphatic hydroxyl groups excluding tert-OH is 4. The summed E-state index contributed by atoms with van der Waals surface area (Å²) in [6, 6.07) is 0.569. The Morgan fingerprint density at radius 3 is 0.694 bits per heavy atom. The topological polar surface area (TPSA) is 337 Å². The molecule has 0 saturated heterocycles. The van der Waals surface area contributed by atoms with E-state index in [9.17, 15) is 19.2 Å². The second kappa shape index (κ2) is 108. The van der Waals surface area contributed by atoms with E-state index in [1.807, 2.05) is 27.7 Å². The van der Waals surface area contributed by atoms with Gasteiger partial charge in [0.2, 0.25) is 0 Å². The Hall–Kier alpha value is 2.43. The average molecular weight is 2300 g/mol. The molecule has 0 unspecified atom stereocenters. The number of halogens is 8. The van der Waals surface area contributed by atoms with Gasteiger partial charge in [-0.05, 0) is 44.9 Å². The van der Waals surface area contributed by atoms with Gasteiger partial charge in [-0.25, -0.2) is 4.79 Å². The van der Waals surface area contributed by atoms with Crippen LogP contribution in [0.3, 0.4) is 0 Å². The fourth-order valence-electron chi connectivity index (χ4n) is 9.14. The SMILES string of the molecule is CC(C)(C)CC(C)(C)NC(=O)O.CCC(=O)O.CCC(=O)O.CCCCCCCCCCCCCCCCCC(=O)O.CCCO.CCCO.CO.CO.[CH2-][C@@H]1CCCC[C@H]1[NH-].[CH2-][C@@H]1CCCC[C@H]1[NH-].[CH2-][C@@H]1CCCC[C@H]1[NH-].[CH2-][C@@H]1CCCC[C@H]1[NH-].[Cl][Pt+2][Cl].[Cl][Pt+2][Cl].[Cl][Pt+2][Cl].[Cl][Pt+2][Cl]. The molecule has 29 heteroatoms. The van der Waals surface area contributed by atoms with E-state index >= 15 is 0 Å². The first-order valence-corrected chi connectivity index (χ1v) is 56.9. The molecule has 98 heavy (non-hydrogen) atoms. The number of aliphatic hydroxyl groups is 4. The first kappa shape index (κ1) is 127. The van der Waals surface area contributed by atoms with Crippen LogP contribution in [0.2, 0.25) is 0 Å².